The molecule has 3 aliphatic carbocycles. The van der Waals surface area contributed by atoms with Crippen LogP contribution in [0.1, 0.15) is 149 Å². The molecule has 0 unspecified atom stereocenters. The topological polar surface area (TPSA) is 26.3 Å². The lowest BCUT2D eigenvalue weighted by molar-refractivity contribution is -0.150. The van der Waals surface area contributed by atoms with Gasteiger partial charge in [0.05, 0.1) is 12.5 Å². The Balaban J connectivity index is 1.20. The Kier molecular flexibility index (Phi) is 12.7. The second kappa shape index (κ2) is 15.5. The number of unbranched alkanes of at least 4 members (excludes halogenated alkanes) is 2. The largest absolute Gasteiger partial charge is 0.465 e. The molecule has 0 aromatic heterocycles. The minimum Gasteiger partial charge on any atom is -0.465 e. The normalized spacial score (nSPS) is 33.0. The summed E-state index contributed by atoms with van der Waals surface area (Å²) in [5.74, 6) is 5.30. The van der Waals surface area contributed by atoms with Crippen LogP contribution >= 0.6 is 0 Å². The highest BCUT2D eigenvalue weighted by Gasteiger charge is 2.29. The van der Waals surface area contributed by atoms with Crippen LogP contribution < -0.4 is 0 Å². The number of carbonyl (C=O) groups excluding carboxylic acids is 1. The second-order valence-corrected chi connectivity index (χ2v) is 12.3. The van der Waals surface area contributed by atoms with E-state index in [1.165, 1.54) is 116 Å². The molecular weight excluding hydrogens is 404 g/mol. The minimum absolute atomic E-state index is 0.0943. The predicted octanol–water partition coefficient (Wildman–Crippen LogP) is 9.50. The number of carbonyl (C=O) groups is 1. The van der Waals surface area contributed by atoms with Gasteiger partial charge >= 0.3 is 5.97 Å². The summed E-state index contributed by atoms with van der Waals surface area (Å²) in [5.41, 5.74) is 0. The summed E-state index contributed by atoms with van der Waals surface area (Å²) in [7, 11) is 0. The molecule has 3 fully saturated rings. The lowest BCUT2D eigenvalue weighted by atomic mass is 9.73. The molecule has 0 aliphatic heterocycles. The Hall–Kier alpha value is -0.530. The fraction of sp³-hybridized carbons (Fsp3) is 0.968. The molecular formula is C31H56O2. The predicted molar refractivity (Wildman–Crippen MR) is 140 cm³/mol. The Morgan fingerprint density at radius 2 is 0.939 bits per heavy atom. The van der Waals surface area contributed by atoms with Gasteiger partial charge in [-0.1, -0.05) is 117 Å². The fourth-order valence-electron chi connectivity index (χ4n) is 7.30. The molecule has 0 heterocycles. The van der Waals surface area contributed by atoms with Crippen LogP contribution in [0, 0.1) is 35.5 Å². The van der Waals surface area contributed by atoms with E-state index in [4.69, 9.17) is 4.74 Å². The number of ether oxygens (including phenoxy) is 1. The first-order chi connectivity index (χ1) is 16.2. The maximum Gasteiger partial charge on any atom is 0.308 e. The van der Waals surface area contributed by atoms with Crippen LogP contribution in [0.5, 0.6) is 0 Å². The van der Waals surface area contributed by atoms with Gasteiger partial charge in [-0.05, 0) is 61.7 Å². The van der Waals surface area contributed by atoms with Crippen LogP contribution in [0.15, 0.2) is 0 Å². The third-order valence-electron chi connectivity index (χ3n) is 9.77. The number of hydrogen-bond acceptors (Lipinski definition) is 2. The Bertz CT molecular complexity index is 505. The molecule has 2 heteroatoms. The van der Waals surface area contributed by atoms with E-state index >= 15 is 0 Å². The molecule has 3 saturated carbocycles. The molecule has 33 heavy (non-hydrogen) atoms. The summed E-state index contributed by atoms with van der Waals surface area (Å²) >= 11 is 0. The SMILES string of the molecule is CCCCCOC(=O)C1CCC(CCC2CCC(CCC3CCC(CCC)CC3)CC2)CC1. The molecule has 0 N–H and O–H groups in total. The van der Waals surface area contributed by atoms with Crippen LogP contribution in [-0.4, -0.2) is 12.6 Å². The molecule has 192 valence electrons. The van der Waals surface area contributed by atoms with E-state index in [1.54, 1.807) is 0 Å². The average Bonchev–Trinajstić information content (AvgIpc) is 2.86. The van der Waals surface area contributed by atoms with E-state index < -0.39 is 0 Å². The van der Waals surface area contributed by atoms with Crippen molar-refractivity contribution in [1.29, 1.82) is 0 Å². The summed E-state index contributed by atoms with van der Waals surface area (Å²) in [6.07, 6.45) is 28.9. The summed E-state index contributed by atoms with van der Waals surface area (Å²) in [6, 6.07) is 0. The van der Waals surface area contributed by atoms with Gasteiger partial charge in [0.25, 0.3) is 0 Å². The summed E-state index contributed by atoms with van der Waals surface area (Å²) in [4.78, 5) is 12.3. The molecule has 2 nitrogen and oxygen atoms in total. The third kappa shape index (κ3) is 9.93. The zero-order chi connectivity index (χ0) is 23.3. The van der Waals surface area contributed by atoms with Gasteiger partial charge in [-0.25, -0.2) is 0 Å². The lowest BCUT2D eigenvalue weighted by Gasteiger charge is -2.33. The molecule has 0 aromatic rings. The van der Waals surface area contributed by atoms with Crippen molar-refractivity contribution in [3.05, 3.63) is 0 Å². The van der Waals surface area contributed by atoms with Gasteiger partial charge in [-0.15, -0.1) is 0 Å². The van der Waals surface area contributed by atoms with E-state index in [0.717, 1.165) is 48.9 Å². The summed E-state index contributed by atoms with van der Waals surface area (Å²) < 4.78 is 5.52. The van der Waals surface area contributed by atoms with Crippen LogP contribution in [0.3, 0.4) is 0 Å². The van der Waals surface area contributed by atoms with Crippen molar-refractivity contribution < 1.29 is 9.53 Å². The van der Waals surface area contributed by atoms with Crippen molar-refractivity contribution in [2.75, 3.05) is 6.61 Å². The van der Waals surface area contributed by atoms with Crippen molar-refractivity contribution in [3.63, 3.8) is 0 Å². The lowest BCUT2D eigenvalue weighted by Crippen LogP contribution is -2.24. The zero-order valence-corrected chi connectivity index (χ0v) is 22.3. The Morgan fingerprint density at radius 3 is 1.33 bits per heavy atom. The average molecular weight is 461 g/mol. The molecule has 0 radical (unpaired) electrons. The van der Waals surface area contributed by atoms with Crippen molar-refractivity contribution >= 4 is 5.97 Å². The number of hydrogen-bond donors (Lipinski definition) is 0. The molecule has 0 aromatic carbocycles. The van der Waals surface area contributed by atoms with Crippen LogP contribution in [0.4, 0.5) is 0 Å². The quantitative estimate of drug-likeness (QED) is 0.202. The molecule has 0 spiro atoms. The third-order valence-corrected chi connectivity index (χ3v) is 9.77. The molecule has 0 amide bonds. The van der Waals surface area contributed by atoms with Crippen molar-refractivity contribution in [2.24, 2.45) is 35.5 Å². The van der Waals surface area contributed by atoms with Gasteiger partial charge < -0.3 is 4.74 Å². The first-order valence-electron chi connectivity index (χ1n) is 15.3. The minimum atomic E-state index is 0.0943. The second-order valence-electron chi connectivity index (χ2n) is 12.3. The van der Waals surface area contributed by atoms with Crippen molar-refractivity contribution in [3.8, 4) is 0 Å². The highest BCUT2D eigenvalue weighted by Crippen LogP contribution is 2.40. The van der Waals surface area contributed by atoms with E-state index in [-0.39, 0.29) is 11.9 Å². The van der Waals surface area contributed by atoms with Crippen LogP contribution in [0.25, 0.3) is 0 Å². The number of esters is 1. The van der Waals surface area contributed by atoms with Crippen molar-refractivity contribution in [2.45, 2.75) is 149 Å². The Labute approximate surface area is 206 Å². The van der Waals surface area contributed by atoms with Crippen LogP contribution in [0.2, 0.25) is 0 Å². The van der Waals surface area contributed by atoms with Gasteiger partial charge in [-0.2, -0.15) is 0 Å². The molecule has 0 saturated heterocycles. The maximum atomic E-state index is 12.3. The first-order valence-corrected chi connectivity index (χ1v) is 15.3. The first kappa shape index (κ1) is 27.1. The zero-order valence-electron chi connectivity index (χ0n) is 22.3. The molecule has 0 atom stereocenters. The standard InChI is InChI=1S/C31H56O2/c1-3-5-6-24-33-31(32)30-22-20-29(21-23-30)19-18-28-16-14-27(15-17-28)13-12-26-10-8-25(7-4-2)9-11-26/h25-30H,3-24H2,1-2H3. The highest BCUT2D eigenvalue weighted by molar-refractivity contribution is 5.72. The highest BCUT2D eigenvalue weighted by atomic mass is 16.5. The van der Waals surface area contributed by atoms with E-state index in [9.17, 15) is 4.79 Å². The van der Waals surface area contributed by atoms with Gasteiger partial charge in [0.15, 0.2) is 0 Å². The molecule has 0 bridgehead atoms. The number of rotatable bonds is 13. The van der Waals surface area contributed by atoms with Gasteiger partial charge in [0.2, 0.25) is 0 Å². The van der Waals surface area contributed by atoms with Gasteiger partial charge in [0, 0.05) is 0 Å². The van der Waals surface area contributed by atoms with Gasteiger partial charge in [0.1, 0.15) is 0 Å². The van der Waals surface area contributed by atoms with Crippen LogP contribution in [-0.2, 0) is 9.53 Å². The van der Waals surface area contributed by atoms with Gasteiger partial charge in [-0.3, -0.25) is 4.79 Å². The van der Waals surface area contributed by atoms with E-state index in [0.29, 0.717) is 6.61 Å². The smallest absolute Gasteiger partial charge is 0.308 e. The Morgan fingerprint density at radius 1 is 0.545 bits per heavy atom. The fourth-order valence-corrected chi connectivity index (χ4v) is 7.30. The molecule has 3 rings (SSSR count). The monoisotopic (exact) mass is 460 g/mol. The summed E-state index contributed by atoms with van der Waals surface area (Å²) in [6.45, 7) is 5.17. The summed E-state index contributed by atoms with van der Waals surface area (Å²) in [5, 5.41) is 0. The molecule has 3 aliphatic rings. The van der Waals surface area contributed by atoms with Crippen molar-refractivity contribution in [1.82, 2.24) is 0 Å². The van der Waals surface area contributed by atoms with E-state index in [2.05, 4.69) is 13.8 Å². The van der Waals surface area contributed by atoms with E-state index in [1.807, 2.05) is 0 Å². The maximum absolute atomic E-state index is 12.3.